The second-order valence-electron chi connectivity index (χ2n) is 3.17. The average Bonchev–Trinajstić information content (AvgIpc) is 2.22. The Morgan fingerprint density at radius 1 is 1.39 bits per heavy atom. The predicted molar refractivity (Wildman–Crippen MR) is 59.6 cm³/mol. The standard InChI is InChI=1S/C10H9F4NO2S/c11-8-5-6(15)1-2-7(8)9(16)17-3-4-18-10(12,13)14/h1-2,5H,3-4,15H2. The molecule has 0 heterocycles. The Labute approximate surface area is 104 Å². The van der Waals surface area contributed by atoms with E-state index in [4.69, 9.17) is 5.73 Å². The summed E-state index contributed by atoms with van der Waals surface area (Å²) in [7, 11) is 0. The summed E-state index contributed by atoms with van der Waals surface area (Å²) in [5, 5.41) is 0. The largest absolute Gasteiger partial charge is 0.461 e. The van der Waals surface area contributed by atoms with Crippen LogP contribution in [-0.2, 0) is 4.74 Å². The first kappa shape index (κ1) is 14.6. The molecule has 0 amide bonds. The second kappa shape index (κ2) is 5.94. The average molecular weight is 283 g/mol. The summed E-state index contributed by atoms with van der Waals surface area (Å²) in [6, 6.07) is 3.34. The number of alkyl halides is 3. The Kier molecular flexibility index (Phi) is 4.83. The molecular weight excluding hydrogens is 274 g/mol. The summed E-state index contributed by atoms with van der Waals surface area (Å²) >= 11 is -0.314. The number of carbonyl (C=O) groups is 1. The van der Waals surface area contributed by atoms with Crippen molar-refractivity contribution in [2.75, 3.05) is 18.1 Å². The molecule has 0 aliphatic carbocycles. The van der Waals surface area contributed by atoms with Crippen molar-refractivity contribution in [2.45, 2.75) is 5.51 Å². The van der Waals surface area contributed by atoms with Crippen LogP contribution in [0.2, 0.25) is 0 Å². The van der Waals surface area contributed by atoms with Gasteiger partial charge in [0.05, 0.1) is 5.56 Å². The number of halogens is 4. The summed E-state index contributed by atoms with van der Waals surface area (Å²) in [5.74, 6) is -2.33. The fourth-order valence-corrected chi connectivity index (χ4v) is 1.46. The van der Waals surface area contributed by atoms with Gasteiger partial charge in [-0.15, -0.1) is 0 Å². The summed E-state index contributed by atoms with van der Waals surface area (Å²) in [6.07, 6.45) is 0. The molecular formula is C10H9F4NO2S. The van der Waals surface area contributed by atoms with Crippen LogP contribution in [0, 0.1) is 5.82 Å². The van der Waals surface area contributed by atoms with Crippen molar-refractivity contribution in [3.8, 4) is 0 Å². The molecule has 1 aromatic carbocycles. The lowest BCUT2D eigenvalue weighted by molar-refractivity contribution is -0.0331. The molecule has 18 heavy (non-hydrogen) atoms. The van der Waals surface area contributed by atoms with Crippen molar-refractivity contribution in [2.24, 2.45) is 0 Å². The molecule has 0 fully saturated rings. The SMILES string of the molecule is Nc1ccc(C(=O)OCCSC(F)(F)F)c(F)c1. The van der Waals surface area contributed by atoms with Gasteiger partial charge in [-0.25, -0.2) is 9.18 Å². The molecule has 0 saturated carbocycles. The highest BCUT2D eigenvalue weighted by atomic mass is 32.2. The quantitative estimate of drug-likeness (QED) is 0.399. The first-order valence-electron chi connectivity index (χ1n) is 4.72. The molecule has 0 bridgehead atoms. The summed E-state index contributed by atoms with van der Waals surface area (Å²) in [4.78, 5) is 11.3. The van der Waals surface area contributed by atoms with Gasteiger partial charge in [-0.2, -0.15) is 13.2 Å². The van der Waals surface area contributed by atoms with Crippen LogP contribution in [0.1, 0.15) is 10.4 Å². The molecule has 2 N–H and O–H groups in total. The smallest absolute Gasteiger partial charge is 0.441 e. The van der Waals surface area contributed by atoms with Gasteiger partial charge >= 0.3 is 11.5 Å². The minimum absolute atomic E-state index is 0.136. The lowest BCUT2D eigenvalue weighted by Crippen LogP contribution is -2.12. The summed E-state index contributed by atoms with van der Waals surface area (Å²) in [6.45, 7) is -0.452. The van der Waals surface area contributed by atoms with Gasteiger partial charge in [0.25, 0.3) is 0 Å². The molecule has 0 spiro atoms. The van der Waals surface area contributed by atoms with Gasteiger partial charge < -0.3 is 10.5 Å². The van der Waals surface area contributed by atoms with Crippen LogP contribution in [0.15, 0.2) is 18.2 Å². The minimum Gasteiger partial charge on any atom is -0.461 e. The molecule has 0 aliphatic rings. The summed E-state index contributed by atoms with van der Waals surface area (Å²) in [5.41, 5.74) is 0.676. The van der Waals surface area contributed by atoms with E-state index in [1.54, 1.807) is 0 Å². The third kappa shape index (κ3) is 4.82. The van der Waals surface area contributed by atoms with E-state index in [9.17, 15) is 22.4 Å². The van der Waals surface area contributed by atoms with Crippen molar-refractivity contribution in [1.29, 1.82) is 0 Å². The van der Waals surface area contributed by atoms with E-state index in [0.717, 1.165) is 12.1 Å². The normalized spacial score (nSPS) is 11.3. The number of rotatable bonds is 4. The second-order valence-corrected chi connectivity index (χ2v) is 4.33. The highest BCUT2D eigenvalue weighted by Crippen LogP contribution is 2.29. The number of ether oxygens (including phenoxy) is 1. The van der Waals surface area contributed by atoms with Crippen LogP contribution in [0.3, 0.4) is 0 Å². The molecule has 0 unspecified atom stereocenters. The van der Waals surface area contributed by atoms with Gasteiger partial charge in [0, 0.05) is 11.4 Å². The van der Waals surface area contributed by atoms with E-state index in [0.29, 0.717) is 0 Å². The monoisotopic (exact) mass is 283 g/mol. The number of benzene rings is 1. The fraction of sp³-hybridized carbons (Fsp3) is 0.300. The third-order valence-electron chi connectivity index (χ3n) is 1.80. The molecule has 8 heteroatoms. The van der Waals surface area contributed by atoms with E-state index in [1.807, 2.05) is 0 Å². The first-order valence-corrected chi connectivity index (χ1v) is 5.71. The number of thioether (sulfide) groups is 1. The van der Waals surface area contributed by atoms with E-state index in [1.165, 1.54) is 6.07 Å². The van der Waals surface area contributed by atoms with Crippen molar-refractivity contribution >= 4 is 23.4 Å². The van der Waals surface area contributed by atoms with E-state index < -0.39 is 29.7 Å². The summed E-state index contributed by atoms with van der Waals surface area (Å²) < 4.78 is 53.0. The molecule has 100 valence electrons. The van der Waals surface area contributed by atoms with Crippen molar-refractivity contribution in [3.63, 3.8) is 0 Å². The van der Waals surface area contributed by atoms with Crippen molar-refractivity contribution < 1.29 is 27.1 Å². The lowest BCUT2D eigenvalue weighted by atomic mass is 10.2. The lowest BCUT2D eigenvalue weighted by Gasteiger charge is -2.07. The molecule has 0 radical (unpaired) electrons. The van der Waals surface area contributed by atoms with Gasteiger partial charge in [-0.1, -0.05) is 0 Å². The number of esters is 1. The van der Waals surface area contributed by atoms with E-state index in [-0.39, 0.29) is 23.0 Å². The van der Waals surface area contributed by atoms with Gasteiger partial charge in [0.15, 0.2) is 0 Å². The fourth-order valence-electron chi connectivity index (χ4n) is 1.07. The Morgan fingerprint density at radius 3 is 2.61 bits per heavy atom. The number of hydrogen-bond donors (Lipinski definition) is 1. The van der Waals surface area contributed by atoms with E-state index in [2.05, 4.69) is 4.74 Å². The topological polar surface area (TPSA) is 52.3 Å². The highest BCUT2D eigenvalue weighted by molar-refractivity contribution is 8.00. The van der Waals surface area contributed by atoms with Gasteiger partial charge in [-0.3, -0.25) is 0 Å². The van der Waals surface area contributed by atoms with Crippen LogP contribution in [0.4, 0.5) is 23.2 Å². The third-order valence-corrected chi connectivity index (χ3v) is 2.49. The maximum atomic E-state index is 13.2. The number of anilines is 1. The highest BCUT2D eigenvalue weighted by Gasteiger charge is 2.27. The van der Waals surface area contributed by atoms with Crippen molar-refractivity contribution in [3.05, 3.63) is 29.6 Å². The molecule has 1 rings (SSSR count). The number of nitrogens with two attached hydrogens (primary N) is 1. The molecule has 1 aromatic rings. The van der Waals surface area contributed by atoms with Gasteiger partial charge in [0.2, 0.25) is 0 Å². The van der Waals surface area contributed by atoms with Crippen LogP contribution in [0.5, 0.6) is 0 Å². The first-order chi connectivity index (χ1) is 8.29. The minimum atomic E-state index is -4.38. The molecule has 3 nitrogen and oxygen atoms in total. The molecule has 0 aromatic heterocycles. The van der Waals surface area contributed by atoms with Crippen LogP contribution in [-0.4, -0.2) is 23.8 Å². The Morgan fingerprint density at radius 2 is 2.06 bits per heavy atom. The van der Waals surface area contributed by atoms with Gasteiger partial charge in [-0.05, 0) is 30.0 Å². The van der Waals surface area contributed by atoms with Crippen molar-refractivity contribution in [1.82, 2.24) is 0 Å². The Balaban J connectivity index is 2.46. The number of hydrogen-bond acceptors (Lipinski definition) is 4. The zero-order chi connectivity index (χ0) is 13.8. The predicted octanol–water partition coefficient (Wildman–Crippen LogP) is 2.82. The Hall–Kier alpha value is -1.44. The van der Waals surface area contributed by atoms with Crippen LogP contribution < -0.4 is 5.73 Å². The zero-order valence-corrected chi connectivity index (χ0v) is 9.78. The maximum Gasteiger partial charge on any atom is 0.441 e. The van der Waals surface area contributed by atoms with Gasteiger partial charge in [0.1, 0.15) is 12.4 Å². The molecule has 0 aliphatic heterocycles. The molecule has 0 atom stereocenters. The molecule has 0 saturated heterocycles. The number of nitrogen functional groups attached to an aromatic ring is 1. The zero-order valence-electron chi connectivity index (χ0n) is 8.96. The number of carbonyl (C=O) groups excluding carboxylic acids is 1. The maximum absolute atomic E-state index is 13.2. The van der Waals surface area contributed by atoms with Crippen LogP contribution in [0.25, 0.3) is 0 Å². The van der Waals surface area contributed by atoms with E-state index >= 15 is 0 Å². The van der Waals surface area contributed by atoms with Crippen LogP contribution >= 0.6 is 11.8 Å². The Bertz CT molecular complexity index is 436.